The minimum atomic E-state index is 0.288. The van der Waals surface area contributed by atoms with Crippen molar-refractivity contribution >= 4 is 57.3 Å². The van der Waals surface area contributed by atoms with E-state index in [9.17, 15) is 0 Å². The van der Waals surface area contributed by atoms with Gasteiger partial charge in [-0.2, -0.15) is 0 Å². The van der Waals surface area contributed by atoms with Gasteiger partial charge in [0.15, 0.2) is 10.1 Å². The van der Waals surface area contributed by atoms with Gasteiger partial charge in [0.05, 0.1) is 16.3 Å². The van der Waals surface area contributed by atoms with Gasteiger partial charge in [-0.25, -0.2) is 4.98 Å². The second kappa shape index (κ2) is 6.23. The van der Waals surface area contributed by atoms with Gasteiger partial charge in [-0.15, -0.1) is 11.3 Å². The third-order valence-corrected chi connectivity index (χ3v) is 4.49. The maximum atomic E-state index is 6.04. The number of nitrogens with zero attached hydrogens (tertiary/aromatic N) is 3. The maximum Gasteiger partial charge on any atom is 0.195 e. The van der Waals surface area contributed by atoms with E-state index in [1.165, 1.54) is 17.6 Å². The van der Waals surface area contributed by atoms with E-state index in [4.69, 9.17) is 39.6 Å². The number of oxime groups is 1. The minimum Gasteiger partial charge on any atom is -0.391 e. The van der Waals surface area contributed by atoms with Crippen LogP contribution in [0.1, 0.15) is 11.3 Å². The van der Waals surface area contributed by atoms with Crippen LogP contribution in [0.25, 0.3) is 4.96 Å². The Labute approximate surface area is 139 Å². The standard InChI is InChI=1S/C13H8Cl3N3OS/c14-9-2-1-8(5-10(9)15)7-20-17-6-11-12(16)18-13-19(11)3-4-21-13/h1-6H,7H2/b17-6-. The smallest absolute Gasteiger partial charge is 0.195 e. The van der Waals surface area contributed by atoms with Crippen LogP contribution < -0.4 is 0 Å². The first-order valence-corrected chi connectivity index (χ1v) is 7.87. The molecule has 4 nitrogen and oxygen atoms in total. The van der Waals surface area contributed by atoms with Crippen LogP contribution in [-0.4, -0.2) is 15.6 Å². The topological polar surface area (TPSA) is 38.9 Å². The molecule has 0 aliphatic carbocycles. The van der Waals surface area contributed by atoms with Crippen molar-refractivity contribution in [3.63, 3.8) is 0 Å². The Morgan fingerprint density at radius 2 is 2.14 bits per heavy atom. The van der Waals surface area contributed by atoms with Crippen molar-refractivity contribution < 1.29 is 4.84 Å². The highest BCUT2D eigenvalue weighted by Gasteiger charge is 2.08. The van der Waals surface area contributed by atoms with E-state index in [2.05, 4.69) is 10.1 Å². The van der Waals surface area contributed by atoms with Crippen molar-refractivity contribution in [3.05, 3.63) is 56.2 Å². The van der Waals surface area contributed by atoms with E-state index in [-0.39, 0.29) is 6.61 Å². The Morgan fingerprint density at radius 3 is 2.95 bits per heavy atom. The molecular formula is C13H8Cl3N3OS. The van der Waals surface area contributed by atoms with Gasteiger partial charge in [-0.1, -0.05) is 46.0 Å². The number of halogens is 3. The molecule has 0 spiro atoms. The maximum absolute atomic E-state index is 6.04. The fourth-order valence-corrected chi connectivity index (χ4v) is 3.03. The molecule has 108 valence electrons. The zero-order chi connectivity index (χ0) is 14.8. The number of hydrogen-bond acceptors (Lipinski definition) is 4. The molecular weight excluding hydrogens is 353 g/mol. The Balaban J connectivity index is 1.68. The number of imidazole rings is 1. The SMILES string of the molecule is Clc1ccc(CO/N=C\c2c(Cl)nc3sccn23)cc1Cl. The van der Waals surface area contributed by atoms with E-state index in [0.29, 0.717) is 20.9 Å². The van der Waals surface area contributed by atoms with Crippen molar-refractivity contribution in [1.29, 1.82) is 0 Å². The largest absolute Gasteiger partial charge is 0.391 e. The molecule has 0 fully saturated rings. The van der Waals surface area contributed by atoms with Crippen molar-refractivity contribution in [1.82, 2.24) is 9.38 Å². The molecule has 0 amide bonds. The molecule has 0 bridgehead atoms. The number of hydrogen-bond donors (Lipinski definition) is 0. The van der Waals surface area contributed by atoms with Gasteiger partial charge >= 0.3 is 0 Å². The summed E-state index contributed by atoms with van der Waals surface area (Å²) < 4.78 is 1.85. The summed E-state index contributed by atoms with van der Waals surface area (Å²) in [5.41, 5.74) is 1.56. The predicted octanol–water partition coefficient (Wildman–Crippen LogP) is 4.91. The molecule has 0 saturated carbocycles. The van der Waals surface area contributed by atoms with Crippen LogP contribution in [0.5, 0.6) is 0 Å². The van der Waals surface area contributed by atoms with Gasteiger partial charge in [0.1, 0.15) is 12.3 Å². The zero-order valence-corrected chi connectivity index (χ0v) is 13.5. The Bertz CT molecular complexity index is 812. The monoisotopic (exact) mass is 359 g/mol. The lowest BCUT2D eigenvalue weighted by Crippen LogP contribution is -1.91. The second-order valence-electron chi connectivity index (χ2n) is 4.10. The summed E-state index contributed by atoms with van der Waals surface area (Å²) in [6.07, 6.45) is 3.41. The van der Waals surface area contributed by atoms with Crippen molar-refractivity contribution in [2.24, 2.45) is 5.16 Å². The van der Waals surface area contributed by atoms with Crippen LogP contribution in [0.3, 0.4) is 0 Å². The van der Waals surface area contributed by atoms with Crippen LogP contribution in [0.4, 0.5) is 0 Å². The van der Waals surface area contributed by atoms with E-state index in [0.717, 1.165) is 10.5 Å². The summed E-state index contributed by atoms with van der Waals surface area (Å²) in [5.74, 6) is 0. The lowest BCUT2D eigenvalue weighted by molar-refractivity contribution is 0.132. The van der Waals surface area contributed by atoms with Gasteiger partial charge in [0, 0.05) is 11.6 Å². The number of rotatable bonds is 4. The molecule has 3 aromatic rings. The van der Waals surface area contributed by atoms with Crippen LogP contribution in [0.2, 0.25) is 15.2 Å². The molecule has 0 saturated heterocycles. The first-order chi connectivity index (χ1) is 10.1. The highest BCUT2D eigenvalue weighted by atomic mass is 35.5. The normalized spacial score (nSPS) is 11.6. The fraction of sp³-hybridized carbons (Fsp3) is 0.0769. The highest BCUT2D eigenvalue weighted by Crippen LogP contribution is 2.23. The molecule has 21 heavy (non-hydrogen) atoms. The van der Waals surface area contributed by atoms with Crippen LogP contribution >= 0.6 is 46.1 Å². The summed E-state index contributed by atoms with van der Waals surface area (Å²) in [5, 5.41) is 7.22. The lowest BCUT2D eigenvalue weighted by atomic mass is 10.2. The molecule has 0 atom stereocenters. The molecule has 8 heteroatoms. The molecule has 1 aromatic carbocycles. The Hall–Kier alpha value is -1.27. The van der Waals surface area contributed by atoms with Crippen molar-refractivity contribution in [2.45, 2.75) is 6.61 Å². The van der Waals surface area contributed by atoms with Crippen LogP contribution in [0.15, 0.2) is 34.9 Å². The van der Waals surface area contributed by atoms with Gasteiger partial charge in [0.2, 0.25) is 0 Å². The van der Waals surface area contributed by atoms with E-state index in [1.807, 2.05) is 22.0 Å². The zero-order valence-electron chi connectivity index (χ0n) is 10.5. The number of aromatic nitrogens is 2. The van der Waals surface area contributed by atoms with Crippen LogP contribution in [-0.2, 0) is 11.4 Å². The summed E-state index contributed by atoms with van der Waals surface area (Å²) >= 11 is 19.3. The molecule has 0 aliphatic rings. The summed E-state index contributed by atoms with van der Waals surface area (Å²) in [6.45, 7) is 0.288. The molecule has 0 unspecified atom stereocenters. The molecule has 0 radical (unpaired) electrons. The van der Waals surface area contributed by atoms with Crippen molar-refractivity contribution in [3.8, 4) is 0 Å². The molecule has 2 aromatic heterocycles. The summed E-state index contributed by atoms with van der Waals surface area (Å²) in [6, 6.07) is 5.28. The van der Waals surface area contributed by atoms with Gasteiger partial charge in [0.25, 0.3) is 0 Å². The Morgan fingerprint density at radius 1 is 1.29 bits per heavy atom. The Kier molecular flexibility index (Phi) is 4.35. The lowest BCUT2D eigenvalue weighted by Gasteiger charge is -2.01. The molecule has 3 rings (SSSR count). The second-order valence-corrected chi connectivity index (χ2v) is 6.15. The molecule has 2 heterocycles. The first kappa shape index (κ1) is 14.7. The fourth-order valence-electron chi connectivity index (χ4n) is 1.72. The van der Waals surface area contributed by atoms with Gasteiger partial charge in [-0.3, -0.25) is 4.40 Å². The predicted molar refractivity (Wildman–Crippen MR) is 86.9 cm³/mol. The van der Waals surface area contributed by atoms with E-state index < -0.39 is 0 Å². The number of thiazole rings is 1. The van der Waals surface area contributed by atoms with Crippen molar-refractivity contribution in [2.75, 3.05) is 0 Å². The number of benzene rings is 1. The highest BCUT2D eigenvalue weighted by molar-refractivity contribution is 7.15. The summed E-state index contributed by atoms with van der Waals surface area (Å²) in [4.78, 5) is 10.3. The van der Waals surface area contributed by atoms with Gasteiger partial charge < -0.3 is 4.84 Å². The van der Waals surface area contributed by atoms with Crippen LogP contribution in [0, 0.1) is 0 Å². The van der Waals surface area contributed by atoms with E-state index in [1.54, 1.807) is 12.1 Å². The molecule has 0 aliphatic heterocycles. The average Bonchev–Trinajstić information content (AvgIpc) is 3.00. The van der Waals surface area contributed by atoms with E-state index >= 15 is 0 Å². The third kappa shape index (κ3) is 3.16. The summed E-state index contributed by atoms with van der Waals surface area (Å²) in [7, 11) is 0. The first-order valence-electron chi connectivity index (χ1n) is 5.85. The third-order valence-electron chi connectivity index (χ3n) is 2.72. The average molecular weight is 361 g/mol. The molecule has 0 N–H and O–H groups in total. The number of fused-ring (bicyclic) bond motifs is 1. The quantitative estimate of drug-likeness (QED) is 0.490. The van der Waals surface area contributed by atoms with Gasteiger partial charge in [-0.05, 0) is 17.7 Å². The minimum absolute atomic E-state index is 0.288.